The summed E-state index contributed by atoms with van der Waals surface area (Å²) in [5.41, 5.74) is 0.315. The van der Waals surface area contributed by atoms with Gasteiger partial charge >= 0.3 is 0 Å². The Hall–Kier alpha value is -0.530. The molecule has 3 aliphatic rings. The quantitative estimate of drug-likeness (QED) is 0.794. The van der Waals surface area contributed by atoms with Crippen LogP contribution < -0.4 is 4.72 Å². The van der Waals surface area contributed by atoms with Crippen LogP contribution in [0.25, 0.3) is 0 Å². The maximum Gasteiger partial charge on any atom is 0.253 e. The first-order chi connectivity index (χ1) is 7.88. The Balaban J connectivity index is 2.02. The lowest BCUT2D eigenvalue weighted by molar-refractivity contribution is 0.593. The first kappa shape index (κ1) is 11.6. The number of hydrogen-bond acceptors (Lipinski definition) is 4. The maximum atomic E-state index is 11.9. The van der Waals surface area contributed by atoms with Gasteiger partial charge in [0, 0.05) is 0 Å². The number of sulfonamides is 1. The number of hydrogen-bond donors (Lipinski definition) is 1. The predicted octanol–water partition coefficient (Wildman–Crippen LogP) is 1.42. The van der Waals surface area contributed by atoms with Crippen molar-refractivity contribution in [2.75, 3.05) is 0 Å². The molecule has 0 aromatic rings. The van der Waals surface area contributed by atoms with Gasteiger partial charge in [0.15, 0.2) is 4.58 Å². The maximum absolute atomic E-state index is 11.9. The normalized spacial score (nSPS) is 34.7. The molecule has 2 heterocycles. The van der Waals surface area contributed by atoms with Crippen molar-refractivity contribution in [3.8, 4) is 0 Å². The summed E-state index contributed by atoms with van der Waals surface area (Å²) in [5.74, 6) is 0.180. The molecule has 0 aromatic carbocycles. The van der Waals surface area contributed by atoms with Crippen LogP contribution in [0.2, 0.25) is 0 Å². The van der Waals surface area contributed by atoms with Gasteiger partial charge in [0.25, 0.3) is 10.0 Å². The Morgan fingerprint density at radius 3 is 3.00 bits per heavy atom. The molecule has 0 bridgehead atoms. The molecule has 0 amide bonds. The van der Waals surface area contributed by atoms with Gasteiger partial charge in [-0.05, 0) is 25.8 Å². The number of allylic oxidation sites excluding steroid dienone is 1. The zero-order chi connectivity index (χ0) is 12.3. The first-order valence-electron chi connectivity index (χ1n) is 5.12. The highest BCUT2D eigenvalue weighted by molar-refractivity contribution is 8.17. The van der Waals surface area contributed by atoms with E-state index in [9.17, 15) is 8.42 Å². The number of rotatable bonds is 1. The molecule has 0 saturated heterocycles. The van der Waals surface area contributed by atoms with Crippen molar-refractivity contribution >= 4 is 45.1 Å². The lowest BCUT2D eigenvalue weighted by Crippen LogP contribution is -2.44. The minimum absolute atomic E-state index is 0.145. The van der Waals surface area contributed by atoms with Crippen LogP contribution >= 0.6 is 23.4 Å². The van der Waals surface area contributed by atoms with E-state index in [-0.39, 0.29) is 11.5 Å². The van der Waals surface area contributed by atoms with Gasteiger partial charge in [-0.2, -0.15) is 0 Å². The van der Waals surface area contributed by atoms with Crippen LogP contribution in [0.1, 0.15) is 19.8 Å². The Morgan fingerprint density at radius 1 is 1.65 bits per heavy atom. The largest absolute Gasteiger partial charge is 0.253 e. The Labute approximate surface area is 108 Å². The summed E-state index contributed by atoms with van der Waals surface area (Å²) in [6.07, 6.45) is 3.52. The van der Waals surface area contributed by atoms with Crippen LogP contribution in [0.15, 0.2) is 20.4 Å². The standard InChI is InChI=1S/C9H10ClN3O2S2/c1-9(2-3-9)12-8-11-5-4-6(10)16-7(5)17(14,15)13-8/h4,7H,2-3H2,1H3,(H,12,13). The highest BCUT2D eigenvalue weighted by Crippen LogP contribution is 2.40. The van der Waals surface area contributed by atoms with E-state index >= 15 is 0 Å². The summed E-state index contributed by atoms with van der Waals surface area (Å²) in [6, 6.07) is 0. The summed E-state index contributed by atoms with van der Waals surface area (Å²) in [7, 11) is -3.47. The second-order valence-electron chi connectivity index (χ2n) is 4.51. The molecule has 1 aliphatic carbocycles. The van der Waals surface area contributed by atoms with Gasteiger partial charge in [0.1, 0.15) is 0 Å². The molecule has 1 fully saturated rings. The van der Waals surface area contributed by atoms with E-state index in [1.807, 2.05) is 6.92 Å². The summed E-state index contributed by atoms with van der Waals surface area (Å²) >= 11 is 6.90. The van der Waals surface area contributed by atoms with Crippen molar-refractivity contribution in [1.29, 1.82) is 0 Å². The number of halogens is 1. The minimum atomic E-state index is -3.47. The van der Waals surface area contributed by atoms with Gasteiger partial charge in [0.05, 0.1) is 15.6 Å². The second-order valence-corrected chi connectivity index (χ2v) is 8.36. The van der Waals surface area contributed by atoms with Crippen LogP contribution in [0.3, 0.4) is 0 Å². The topological polar surface area (TPSA) is 70.9 Å². The third-order valence-corrected chi connectivity index (χ3v) is 6.32. The van der Waals surface area contributed by atoms with E-state index in [1.165, 1.54) is 0 Å². The molecule has 1 N–H and O–H groups in total. The summed E-state index contributed by atoms with van der Waals surface area (Å²) in [6.45, 7) is 1.98. The molecule has 0 aromatic heterocycles. The molecule has 1 saturated carbocycles. The van der Waals surface area contributed by atoms with Crippen molar-refractivity contribution < 1.29 is 8.42 Å². The first-order valence-corrected chi connectivity index (χ1v) is 7.92. The molecular formula is C9H10ClN3O2S2. The predicted molar refractivity (Wildman–Crippen MR) is 69.9 cm³/mol. The Bertz CT molecular complexity index is 575. The number of guanidine groups is 1. The van der Waals surface area contributed by atoms with Gasteiger partial charge in [-0.1, -0.05) is 23.4 Å². The molecule has 0 radical (unpaired) electrons. The number of aliphatic imine (C=N–C) groups is 2. The van der Waals surface area contributed by atoms with Crippen LogP contribution in [0, 0.1) is 0 Å². The van der Waals surface area contributed by atoms with E-state index in [0.29, 0.717) is 10.1 Å². The van der Waals surface area contributed by atoms with Gasteiger partial charge in [-0.25, -0.2) is 18.4 Å². The molecule has 3 rings (SSSR count). The fourth-order valence-electron chi connectivity index (χ4n) is 1.61. The zero-order valence-corrected chi connectivity index (χ0v) is 11.4. The molecule has 0 spiro atoms. The van der Waals surface area contributed by atoms with Gasteiger partial charge in [-0.3, -0.25) is 4.72 Å². The third-order valence-electron chi connectivity index (χ3n) is 2.82. The average Bonchev–Trinajstić information content (AvgIpc) is 2.75. The van der Waals surface area contributed by atoms with Crippen molar-refractivity contribution in [3.63, 3.8) is 0 Å². The van der Waals surface area contributed by atoms with Crippen molar-refractivity contribution in [2.24, 2.45) is 9.98 Å². The van der Waals surface area contributed by atoms with Crippen molar-refractivity contribution in [2.45, 2.75) is 29.9 Å². The number of nitrogens with one attached hydrogen (secondary N) is 1. The molecule has 8 heteroatoms. The molecule has 17 heavy (non-hydrogen) atoms. The average molecular weight is 292 g/mol. The summed E-state index contributed by atoms with van der Waals surface area (Å²) in [5, 5.41) is 0. The minimum Gasteiger partial charge on any atom is -0.250 e. The number of fused-ring (bicyclic) bond motifs is 1. The van der Waals surface area contributed by atoms with E-state index in [1.54, 1.807) is 6.08 Å². The second kappa shape index (κ2) is 3.49. The SMILES string of the molecule is CC1(N=C2N=C3C=C(Cl)SC3S(=O)(=O)N2)CC1. The summed E-state index contributed by atoms with van der Waals surface area (Å²) in [4.78, 5) is 8.53. The summed E-state index contributed by atoms with van der Waals surface area (Å²) < 4.78 is 26.0. The number of thioether (sulfide) groups is 1. The van der Waals surface area contributed by atoms with Crippen LogP contribution in [0.4, 0.5) is 0 Å². The highest BCUT2D eigenvalue weighted by Gasteiger charge is 2.42. The van der Waals surface area contributed by atoms with E-state index in [0.717, 1.165) is 24.6 Å². The van der Waals surface area contributed by atoms with Crippen LogP contribution in [0.5, 0.6) is 0 Å². The van der Waals surface area contributed by atoms with Gasteiger partial charge in [-0.15, -0.1) is 0 Å². The smallest absolute Gasteiger partial charge is 0.250 e. The lowest BCUT2D eigenvalue weighted by Gasteiger charge is -2.19. The van der Waals surface area contributed by atoms with Crippen LogP contribution in [-0.4, -0.2) is 30.2 Å². The van der Waals surface area contributed by atoms with Crippen molar-refractivity contribution in [3.05, 3.63) is 10.4 Å². The van der Waals surface area contributed by atoms with E-state index in [4.69, 9.17) is 11.6 Å². The van der Waals surface area contributed by atoms with Gasteiger partial charge in [0.2, 0.25) is 5.96 Å². The Morgan fingerprint density at radius 2 is 2.35 bits per heavy atom. The molecular weight excluding hydrogens is 282 g/mol. The highest BCUT2D eigenvalue weighted by atomic mass is 35.5. The molecule has 2 aliphatic heterocycles. The molecule has 5 nitrogen and oxygen atoms in total. The Kier molecular flexibility index (Phi) is 2.37. The zero-order valence-electron chi connectivity index (χ0n) is 8.97. The molecule has 1 atom stereocenters. The molecule has 1 unspecified atom stereocenters. The van der Waals surface area contributed by atoms with Crippen molar-refractivity contribution in [1.82, 2.24) is 4.72 Å². The van der Waals surface area contributed by atoms with Gasteiger partial charge < -0.3 is 0 Å². The lowest BCUT2D eigenvalue weighted by atomic mass is 10.3. The number of nitrogens with zero attached hydrogens (tertiary/aromatic N) is 2. The van der Waals surface area contributed by atoms with E-state index in [2.05, 4.69) is 14.7 Å². The third kappa shape index (κ3) is 2.11. The monoisotopic (exact) mass is 291 g/mol. The fraction of sp³-hybridized carbons (Fsp3) is 0.556. The van der Waals surface area contributed by atoms with E-state index < -0.39 is 14.6 Å². The molecule has 92 valence electrons. The fourth-order valence-corrected chi connectivity index (χ4v) is 4.64. The van der Waals surface area contributed by atoms with Crippen LogP contribution in [-0.2, 0) is 10.0 Å².